The summed E-state index contributed by atoms with van der Waals surface area (Å²) in [6, 6.07) is 16.5. The molecule has 222 valence electrons. The molecular weight excluding hydrogens is 538 g/mol. The summed E-state index contributed by atoms with van der Waals surface area (Å²) >= 11 is 0. The molecule has 0 saturated heterocycles. The fourth-order valence-corrected chi connectivity index (χ4v) is 9.15. The number of nitrogens with one attached hydrogen (secondary N) is 2. The fraction of sp³-hybridized carbons (Fsp3) is 0.472. The number of benzene rings is 2. The quantitative estimate of drug-likeness (QED) is 0.208. The Morgan fingerprint density at radius 1 is 0.884 bits per heavy atom. The molecule has 7 nitrogen and oxygen atoms in total. The van der Waals surface area contributed by atoms with E-state index in [1.807, 2.05) is 30.3 Å². The van der Waals surface area contributed by atoms with Gasteiger partial charge in [-0.05, 0) is 105 Å². The zero-order valence-electron chi connectivity index (χ0n) is 24.5. The third kappa shape index (κ3) is 5.33. The van der Waals surface area contributed by atoms with E-state index in [4.69, 9.17) is 14.5 Å². The molecule has 5 fully saturated rings. The molecular formula is C36H39N3O4. The second-order valence-corrected chi connectivity index (χ2v) is 13.8. The zero-order chi connectivity index (χ0) is 29.0. The number of imidazole rings is 1. The van der Waals surface area contributed by atoms with Crippen LogP contribution in [0.25, 0.3) is 0 Å². The van der Waals surface area contributed by atoms with Gasteiger partial charge in [-0.2, -0.15) is 0 Å². The van der Waals surface area contributed by atoms with Crippen molar-refractivity contribution in [2.75, 3.05) is 5.32 Å². The first-order chi connectivity index (χ1) is 21.0. The Hall–Kier alpha value is -3.71. The summed E-state index contributed by atoms with van der Waals surface area (Å²) in [5.74, 6) is 3.92. The first-order valence-electron chi connectivity index (χ1n) is 16.0. The molecule has 0 aliphatic heterocycles. The molecule has 1 aromatic heterocycles. The average Bonchev–Trinajstić information content (AvgIpc) is 3.75. The molecule has 6 bridgehead atoms. The summed E-state index contributed by atoms with van der Waals surface area (Å²) in [5.41, 5.74) is 2.92. The maximum atomic E-state index is 13.8. The average molecular weight is 578 g/mol. The summed E-state index contributed by atoms with van der Waals surface area (Å²) in [7, 11) is 0. The highest BCUT2D eigenvalue weighted by atomic mass is 16.5. The van der Waals surface area contributed by atoms with Gasteiger partial charge in [-0.3, -0.25) is 4.79 Å². The molecule has 0 radical (unpaired) electrons. The van der Waals surface area contributed by atoms with Gasteiger partial charge in [-0.1, -0.05) is 48.6 Å². The maximum Gasteiger partial charge on any atom is 0.338 e. The number of aromatic amines is 1. The third-order valence-corrected chi connectivity index (χ3v) is 10.7. The van der Waals surface area contributed by atoms with Crippen LogP contribution in [0.15, 0.2) is 66.7 Å². The number of aromatic nitrogens is 2. The number of carbonyl (C=O) groups is 2. The first kappa shape index (κ1) is 26.9. The second-order valence-electron chi connectivity index (χ2n) is 13.8. The van der Waals surface area contributed by atoms with Gasteiger partial charge in [0.15, 0.2) is 5.69 Å². The highest BCUT2D eigenvalue weighted by Crippen LogP contribution is 2.57. The summed E-state index contributed by atoms with van der Waals surface area (Å²) in [4.78, 5) is 35.0. The zero-order valence-corrected chi connectivity index (χ0v) is 24.5. The van der Waals surface area contributed by atoms with Gasteiger partial charge >= 0.3 is 5.97 Å². The van der Waals surface area contributed by atoms with Crippen molar-refractivity contribution in [3.05, 3.63) is 95.1 Å². The Balaban J connectivity index is 1.00. The molecule has 5 saturated carbocycles. The van der Waals surface area contributed by atoms with Gasteiger partial charge in [-0.25, -0.2) is 9.78 Å². The van der Waals surface area contributed by atoms with Crippen molar-refractivity contribution in [1.82, 2.24) is 9.97 Å². The van der Waals surface area contributed by atoms with E-state index in [2.05, 4.69) is 22.5 Å². The predicted molar refractivity (Wildman–Crippen MR) is 162 cm³/mol. The standard InChI is InChI=1S/C36H39N3O4/c40-34(37-29-8-4-7-28(16-29)35(41)42-20-22-5-2-1-3-6-22)32-31(38-33(39-32)30-15-23-9-10-27(30)14-23)21-43-36-17-24-11-25(18-36)13-26(12-24)19-36/h1-10,16,23-27,30H,11-15,17-21H2,(H,37,40)(H,38,39)/t23?,24?,25?,26?,27-,30+,36?/m0/s1. The van der Waals surface area contributed by atoms with Crippen molar-refractivity contribution >= 4 is 17.6 Å². The summed E-state index contributed by atoms with van der Waals surface area (Å²) in [6.45, 7) is 0.558. The Labute approximate surface area is 252 Å². The summed E-state index contributed by atoms with van der Waals surface area (Å²) in [5, 5.41) is 3.00. The topological polar surface area (TPSA) is 93.3 Å². The minimum atomic E-state index is -0.434. The number of anilines is 1. The van der Waals surface area contributed by atoms with Gasteiger partial charge < -0.3 is 19.8 Å². The lowest BCUT2D eigenvalue weighted by Crippen LogP contribution is -2.51. The predicted octanol–water partition coefficient (Wildman–Crippen LogP) is 7.18. The van der Waals surface area contributed by atoms with Crippen LogP contribution in [-0.2, 0) is 22.7 Å². The lowest BCUT2D eigenvalue weighted by molar-refractivity contribution is -0.169. The third-order valence-electron chi connectivity index (χ3n) is 10.7. The minimum Gasteiger partial charge on any atom is -0.457 e. The normalized spacial score (nSPS) is 31.4. The molecule has 1 heterocycles. The van der Waals surface area contributed by atoms with Crippen molar-refractivity contribution in [1.29, 1.82) is 0 Å². The van der Waals surface area contributed by atoms with Gasteiger partial charge in [0.1, 0.15) is 12.4 Å². The van der Waals surface area contributed by atoms with Crippen LogP contribution in [0.4, 0.5) is 5.69 Å². The van der Waals surface area contributed by atoms with E-state index >= 15 is 0 Å². The minimum absolute atomic E-state index is 0.0582. The molecule has 43 heavy (non-hydrogen) atoms. The number of H-pyrrole nitrogens is 1. The van der Waals surface area contributed by atoms with Gasteiger partial charge in [0, 0.05) is 11.6 Å². The molecule has 1 amide bonds. The van der Waals surface area contributed by atoms with Gasteiger partial charge in [-0.15, -0.1) is 0 Å². The molecule has 2 N–H and O–H groups in total. The molecule has 9 rings (SSSR count). The van der Waals surface area contributed by atoms with Crippen LogP contribution in [0.2, 0.25) is 0 Å². The van der Waals surface area contributed by atoms with Crippen LogP contribution in [0.5, 0.6) is 0 Å². The first-order valence-corrected chi connectivity index (χ1v) is 16.0. The van der Waals surface area contributed by atoms with Crippen molar-refractivity contribution in [2.45, 2.75) is 76.1 Å². The molecule has 1 unspecified atom stereocenters. The van der Waals surface area contributed by atoms with Crippen LogP contribution in [0, 0.1) is 29.6 Å². The number of hydrogen-bond donors (Lipinski definition) is 2. The Morgan fingerprint density at radius 3 is 2.35 bits per heavy atom. The fourth-order valence-electron chi connectivity index (χ4n) is 9.15. The molecule has 6 aliphatic rings. The number of esters is 1. The van der Waals surface area contributed by atoms with Crippen molar-refractivity contribution < 1.29 is 19.1 Å². The number of ether oxygens (including phenoxy) is 2. The van der Waals surface area contributed by atoms with Crippen LogP contribution in [-0.4, -0.2) is 27.4 Å². The Bertz CT molecular complexity index is 1520. The Kier molecular flexibility index (Phi) is 6.74. The van der Waals surface area contributed by atoms with Crippen molar-refractivity contribution in [2.24, 2.45) is 29.6 Å². The Morgan fingerprint density at radius 2 is 1.65 bits per heavy atom. The van der Waals surface area contributed by atoms with E-state index in [1.165, 1.54) is 25.7 Å². The number of allylic oxidation sites excluding steroid dienone is 2. The SMILES string of the molecule is O=C(OCc1ccccc1)c1cccc(NC(=O)c2nc([C@@H]3CC4C=C[C@H]3C4)[nH]c2COC23CC4CC(CC(C4)C2)C3)c1. The highest BCUT2D eigenvalue weighted by molar-refractivity contribution is 6.04. The largest absolute Gasteiger partial charge is 0.457 e. The lowest BCUT2D eigenvalue weighted by atomic mass is 9.54. The van der Waals surface area contributed by atoms with E-state index in [0.717, 1.165) is 60.5 Å². The number of rotatable bonds is 9. The molecule has 3 aromatic rings. The van der Waals surface area contributed by atoms with E-state index in [9.17, 15) is 9.59 Å². The van der Waals surface area contributed by atoms with Crippen LogP contribution < -0.4 is 5.32 Å². The lowest BCUT2D eigenvalue weighted by Gasteiger charge is -2.56. The molecule has 3 atom stereocenters. The number of hydrogen-bond acceptors (Lipinski definition) is 5. The van der Waals surface area contributed by atoms with E-state index in [1.54, 1.807) is 24.3 Å². The molecule has 2 aromatic carbocycles. The van der Waals surface area contributed by atoms with E-state index in [-0.39, 0.29) is 18.1 Å². The summed E-state index contributed by atoms with van der Waals surface area (Å²) in [6.07, 6.45) is 14.4. The van der Waals surface area contributed by atoms with E-state index < -0.39 is 5.97 Å². The smallest absolute Gasteiger partial charge is 0.338 e. The number of amides is 1. The second kappa shape index (κ2) is 10.8. The van der Waals surface area contributed by atoms with Crippen molar-refractivity contribution in [3.8, 4) is 0 Å². The van der Waals surface area contributed by atoms with Gasteiger partial charge in [0.2, 0.25) is 0 Å². The van der Waals surface area contributed by atoms with E-state index in [0.29, 0.717) is 41.3 Å². The summed E-state index contributed by atoms with van der Waals surface area (Å²) < 4.78 is 12.3. The number of nitrogens with zero attached hydrogens (tertiary/aromatic N) is 1. The molecule has 0 spiro atoms. The maximum absolute atomic E-state index is 13.8. The van der Waals surface area contributed by atoms with Crippen LogP contribution in [0.1, 0.15) is 95.2 Å². The highest BCUT2D eigenvalue weighted by Gasteiger charge is 2.52. The number of carbonyl (C=O) groups excluding carboxylic acids is 2. The van der Waals surface area contributed by atoms with Crippen LogP contribution >= 0.6 is 0 Å². The number of fused-ring (bicyclic) bond motifs is 2. The van der Waals surface area contributed by atoms with Crippen LogP contribution in [0.3, 0.4) is 0 Å². The molecule has 7 heteroatoms. The van der Waals surface area contributed by atoms with Gasteiger partial charge in [0.05, 0.1) is 23.5 Å². The molecule has 6 aliphatic carbocycles. The monoisotopic (exact) mass is 577 g/mol. The van der Waals surface area contributed by atoms with Gasteiger partial charge in [0.25, 0.3) is 5.91 Å². The van der Waals surface area contributed by atoms with Crippen molar-refractivity contribution in [3.63, 3.8) is 0 Å².